The predicted molar refractivity (Wildman–Crippen MR) is 155 cm³/mol. The highest BCUT2D eigenvalue weighted by atomic mass is 19.4. The van der Waals surface area contributed by atoms with Gasteiger partial charge in [-0.25, -0.2) is 14.6 Å². The molecular formula is C31H26F3N5O5. The zero-order valence-corrected chi connectivity index (χ0v) is 23.6. The molecule has 0 saturated carbocycles. The van der Waals surface area contributed by atoms with Crippen molar-refractivity contribution in [1.29, 1.82) is 0 Å². The van der Waals surface area contributed by atoms with Crippen molar-refractivity contribution >= 4 is 22.5 Å². The lowest BCUT2D eigenvalue weighted by Gasteiger charge is -2.19. The van der Waals surface area contributed by atoms with E-state index < -0.39 is 29.0 Å². The molecule has 1 amide bonds. The molecule has 0 saturated heterocycles. The van der Waals surface area contributed by atoms with Gasteiger partial charge < -0.3 is 19.5 Å². The number of carbonyl (C=O) groups is 1. The molecule has 6 rings (SSSR count). The summed E-state index contributed by atoms with van der Waals surface area (Å²) >= 11 is 0. The summed E-state index contributed by atoms with van der Waals surface area (Å²) in [6.45, 7) is 0.535. The zero-order valence-electron chi connectivity index (χ0n) is 23.6. The monoisotopic (exact) mass is 605 g/mol. The van der Waals surface area contributed by atoms with Crippen LogP contribution in [0.15, 0.2) is 71.8 Å². The molecule has 0 radical (unpaired) electrons. The number of rotatable bonds is 7. The summed E-state index contributed by atoms with van der Waals surface area (Å²) in [4.78, 5) is 35.2. The third-order valence-electron chi connectivity index (χ3n) is 7.36. The maximum atomic E-state index is 14.3. The minimum atomic E-state index is -4.85. The van der Waals surface area contributed by atoms with Crippen molar-refractivity contribution in [2.24, 2.45) is 0 Å². The van der Waals surface area contributed by atoms with Crippen LogP contribution in [0.2, 0.25) is 0 Å². The van der Waals surface area contributed by atoms with E-state index in [1.165, 1.54) is 31.0 Å². The van der Waals surface area contributed by atoms with Crippen molar-refractivity contribution in [3.8, 4) is 28.8 Å². The molecule has 0 aliphatic carbocycles. The number of methoxy groups -OCH3 is 2. The molecule has 5 aromatic rings. The Morgan fingerprint density at radius 2 is 1.68 bits per heavy atom. The van der Waals surface area contributed by atoms with Gasteiger partial charge in [0, 0.05) is 18.3 Å². The van der Waals surface area contributed by atoms with Gasteiger partial charge in [-0.3, -0.25) is 14.3 Å². The molecule has 0 fully saturated rings. The average molecular weight is 606 g/mol. The Kier molecular flexibility index (Phi) is 7.45. The standard InChI is InChI=1S/C31H26F3N5O5/c1-42-25-15-20-22(16-26(25)43-2)35-17-36-29(20)44-24-12-11-18(14-21(24)31(32,33)34)37-28(40)27-23-10-6-7-13-38(23)39(30(27)41)19-8-4-3-5-9-19/h3-5,8-9,11-12,14-17H,6-7,10,13H2,1-2H3,(H,37,40). The van der Waals surface area contributed by atoms with Crippen LogP contribution in [-0.2, 0) is 19.1 Å². The molecule has 1 N–H and O–H groups in total. The van der Waals surface area contributed by atoms with Crippen LogP contribution in [0.1, 0.15) is 34.5 Å². The number of ether oxygens (including phenoxy) is 3. The highest BCUT2D eigenvalue weighted by Crippen LogP contribution is 2.41. The first-order chi connectivity index (χ1) is 21.2. The number of carbonyl (C=O) groups excluding carboxylic acids is 1. The zero-order chi connectivity index (χ0) is 31.0. The van der Waals surface area contributed by atoms with Gasteiger partial charge in [0.05, 0.1) is 36.5 Å². The second-order valence-corrected chi connectivity index (χ2v) is 10.0. The van der Waals surface area contributed by atoms with Gasteiger partial charge in [-0.1, -0.05) is 18.2 Å². The lowest BCUT2D eigenvalue weighted by molar-refractivity contribution is -0.138. The summed E-state index contributed by atoms with van der Waals surface area (Å²) in [6, 6.07) is 15.1. The maximum Gasteiger partial charge on any atom is 0.420 e. The number of halogens is 3. The van der Waals surface area contributed by atoms with Crippen molar-refractivity contribution in [3.63, 3.8) is 0 Å². The van der Waals surface area contributed by atoms with Gasteiger partial charge in [-0.15, -0.1) is 0 Å². The highest BCUT2D eigenvalue weighted by Gasteiger charge is 2.36. The molecule has 1 aliphatic rings. The molecule has 0 spiro atoms. The normalized spacial score (nSPS) is 12.9. The Bertz CT molecular complexity index is 1940. The number of benzene rings is 3. The van der Waals surface area contributed by atoms with Crippen LogP contribution in [0.25, 0.3) is 16.6 Å². The average Bonchev–Trinajstić information content (AvgIpc) is 3.32. The fraction of sp³-hybridized carbons (Fsp3) is 0.226. The number of para-hydroxylation sites is 1. The van der Waals surface area contributed by atoms with E-state index >= 15 is 0 Å². The summed E-state index contributed by atoms with van der Waals surface area (Å²) in [7, 11) is 2.87. The minimum Gasteiger partial charge on any atom is -0.493 e. The van der Waals surface area contributed by atoms with Crippen molar-refractivity contribution in [2.75, 3.05) is 19.5 Å². The van der Waals surface area contributed by atoms with Gasteiger partial charge in [-0.05, 0) is 55.7 Å². The number of anilines is 1. The van der Waals surface area contributed by atoms with Crippen molar-refractivity contribution in [1.82, 2.24) is 19.3 Å². The molecule has 0 atom stereocenters. The Balaban J connectivity index is 1.35. The Morgan fingerprint density at radius 3 is 2.41 bits per heavy atom. The smallest absolute Gasteiger partial charge is 0.420 e. The van der Waals surface area contributed by atoms with E-state index in [1.807, 2.05) is 6.07 Å². The minimum absolute atomic E-state index is 0.0979. The lowest BCUT2D eigenvalue weighted by atomic mass is 10.1. The molecule has 0 unspecified atom stereocenters. The summed E-state index contributed by atoms with van der Waals surface area (Å²) in [5.74, 6) is -0.785. The molecule has 0 bridgehead atoms. The number of aromatic nitrogens is 4. The lowest BCUT2D eigenvalue weighted by Crippen LogP contribution is -2.26. The molecule has 10 nitrogen and oxygen atoms in total. The van der Waals surface area contributed by atoms with E-state index in [-0.39, 0.29) is 17.1 Å². The molecule has 226 valence electrons. The molecule has 2 aromatic heterocycles. The number of alkyl halides is 3. The van der Waals surface area contributed by atoms with Crippen LogP contribution < -0.4 is 25.1 Å². The molecule has 13 heteroatoms. The first-order valence-corrected chi connectivity index (χ1v) is 13.7. The number of amides is 1. The molecule has 44 heavy (non-hydrogen) atoms. The SMILES string of the molecule is COc1cc2ncnc(Oc3ccc(NC(=O)c4c5n(n(-c6ccccc6)c4=O)CCCC5)cc3C(F)(F)F)c2cc1OC. The third-order valence-corrected chi connectivity index (χ3v) is 7.36. The summed E-state index contributed by atoms with van der Waals surface area (Å²) in [5, 5.41) is 2.79. The summed E-state index contributed by atoms with van der Waals surface area (Å²) in [6.07, 6.45) is -1.60. The van der Waals surface area contributed by atoms with E-state index in [1.54, 1.807) is 35.0 Å². The number of nitrogens with zero attached hydrogens (tertiary/aromatic N) is 4. The summed E-state index contributed by atoms with van der Waals surface area (Å²) in [5.41, 5.74) is -0.445. The van der Waals surface area contributed by atoms with Crippen molar-refractivity contribution in [3.05, 3.63) is 94.2 Å². The molecular weight excluding hydrogens is 579 g/mol. The van der Waals surface area contributed by atoms with Crippen LogP contribution in [0, 0.1) is 0 Å². The van der Waals surface area contributed by atoms with Crippen molar-refractivity contribution < 1.29 is 32.2 Å². The number of nitrogens with one attached hydrogen (secondary N) is 1. The van der Waals surface area contributed by atoms with Gasteiger partial charge in [0.1, 0.15) is 23.2 Å². The van der Waals surface area contributed by atoms with Gasteiger partial charge in [-0.2, -0.15) is 13.2 Å². The first kappa shape index (κ1) is 28.8. The van der Waals surface area contributed by atoms with Crippen molar-refractivity contribution in [2.45, 2.75) is 32.0 Å². The first-order valence-electron chi connectivity index (χ1n) is 13.7. The topological polar surface area (TPSA) is 110 Å². The van der Waals surface area contributed by atoms with E-state index in [9.17, 15) is 22.8 Å². The summed E-state index contributed by atoms with van der Waals surface area (Å²) < 4.78 is 62.3. The molecule has 3 heterocycles. The van der Waals surface area contributed by atoms with Crippen LogP contribution in [0.4, 0.5) is 18.9 Å². The fourth-order valence-corrected chi connectivity index (χ4v) is 5.34. The van der Waals surface area contributed by atoms with E-state index in [2.05, 4.69) is 15.3 Å². The number of hydrogen-bond acceptors (Lipinski definition) is 7. The van der Waals surface area contributed by atoms with Gasteiger partial charge in [0.15, 0.2) is 11.5 Å². The Hall–Kier alpha value is -5.33. The van der Waals surface area contributed by atoms with E-state index in [4.69, 9.17) is 14.2 Å². The fourth-order valence-electron chi connectivity index (χ4n) is 5.34. The van der Waals surface area contributed by atoms with E-state index in [0.29, 0.717) is 46.7 Å². The number of fused-ring (bicyclic) bond motifs is 2. The van der Waals surface area contributed by atoms with Crippen LogP contribution in [0.5, 0.6) is 23.1 Å². The Morgan fingerprint density at radius 1 is 0.932 bits per heavy atom. The second kappa shape index (κ2) is 11.4. The second-order valence-electron chi connectivity index (χ2n) is 10.0. The van der Waals surface area contributed by atoms with Crippen LogP contribution in [0.3, 0.4) is 0 Å². The number of hydrogen-bond donors (Lipinski definition) is 1. The molecule has 3 aromatic carbocycles. The van der Waals surface area contributed by atoms with Gasteiger partial charge in [0.2, 0.25) is 5.88 Å². The van der Waals surface area contributed by atoms with E-state index in [0.717, 1.165) is 31.3 Å². The van der Waals surface area contributed by atoms with Crippen LogP contribution in [-0.4, -0.2) is 39.5 Å². The predicted octanol–water partition coefficient (Wildman–Crippen LogP) is 6.00. The van der Waals surface area contributed by atoms with Gasteiger partial charge in [0.25, 0.3) is 11.5 Å². The quantitative estimate of drug-likeness (QED) is 0.242. The van der Waals surface area contributed by atoms with Crippen LogP contribution >= 0.6 is 0 Å². The van der Waals surface area contributed by atoms with Gasteiger partial charge >= 0.3 is 6.18 Å². The highest BCUT2D eigenvalue weighted by molar-refractivity contribution is 6.05. The largest absolute Gasteiger partial charge is 0.493 e. The Labute approximate surface area is 248 Å². The third kappa shape index (κ3) is 5.21. The molecule has 1 aliphatic heterocycles. The maximum absolute atomic E-state index is 14.3.